The average Bonchev–Trinajstić information content (AvgIpc) is 3.17. The molecule has 6 aromatic rings. The summed E-state index contributed by atoms with van der Waals surface area (Å²) in [5.74, 6) is 0. The van der Waals surface area contributed by atoms with Crippen LogP contribution < -0.4 is 0 Å². The van der Waals surface area contributed by atoms with Crippen molar-refractivity contribution in [1.29, 1.82) is 0 Å². The van der Waals surface area contributed by atoms with Crippen LogP contribution in [0.3, 0.4) is 0 Å². The summed E-state index contributed by atoms with van der Waals surface area (Å²) in [6.45, 7) is 4.68. The first-order valence-electron chi connectivity index (χ1n) is 11.2. The number of fused-ring (bicyclic) bond motifs is 6. The zero-order valence-electron chi connectivity index (χ0n) is 18.1. The van der Waals surface area contributed by atoms with Gasteiger partial charge in [-0.05, 0) is 40.8 Å². The molecule has 2 aromatic heterocycles. The molecular formula is C30H22N2. The van der Waals surface area contributed by atoms with Gasteiger partial charge >= 0.3 is 0 Å². The molecular weight excluding hydrogens is 388 g/mol. The molecule has 0 unspecified atom stereocenters. The lowest BCUT2D eigenvalue weighted by Gasteiger charge is -2.34. The largest absolute Gasteiger partial charge is 0.309 e. The maximum Gasteiger partial charge on any atom is 0.0780 e. The van der Waals surface area contributed by atoms with Crippen molar-refractivity contribution in [2.45, 2.75) is 19.3 Å². The Morgan fingerprint density at radius 2 is 1.47 bits per heavy atom. The van der Waals surface area contributed by atoms with E-state index in [4.69, 9.17) is 4.98 Å². The van der Waals surface area contributed by atoms with Crippen LogP contribution in [-0.4, -0.2) is 9.55 Å². The second-order valence-electron chi connectivity index (χ2n) is 9.29. The Hall–Kier alpha value is -3.91. The molecule has 0 fully saturated rings. The molecule has 2 heteroatoms. The number of pyridine rings is 1. The number of benzene rings is 4. The second kappa shape index (κ2) is 6.08. The van der Waals surface area contributed by atoms with Gasteiger partial charge < -0.3 is 4.57 Å². The van der Waals surface area contributed by atoms with E-state index in [-0.39, 0.29) is 5.41 Å². The van der Waals surface area contributed by atoms with Crippen LogP contribution in [0.2, 0.25) is 0 Å². The van der Waals surface area contributed by atoms with Crippen LogP contribution in [-0.2, 0) is 5.41 Å². The highest BCUT2D eigenvalue weighted by Gasteiger charge is 2.34. The summed E-state index contributed by atoms with van der Waals surface area (Å²) in [4.78, 5) is 4.77. The van der Waals surface area contributed by atoms with Gasteiger partial charge in [-0.1, -0.05) is 80.6 Å². The fraction of sp³-hybridized carbons (Fsp3) is 0.100. The maximum absolute atomic E-state index is 4.77. The highest BCUT2D eigenvalue weighted by Crippen LogP contribution is 2.47. The Morgan fingerprint density at radius 1 is 0.688 bits per heavy atom. The van der Waals surface area contributed by atoms with E-state index < -0.39 is 0 Å². The van der Waals surface area contributed by atoms with Gasteiger partial charge in [-0.3, -0.25) is 4.98 Å². The smallest absolute Gasteiger partial charge is 0.0780 e. The molecule has 0 saturated heterocycles. The molecule has 7 rings (SSSR count). The third-order valence-electron chi connectivity index (χ3n) is 7.23. The molecule has 0 bridgehead atoms. The number of para-hydroxylation sites is 2. The lowest BCUT2D eigenvalue weighted by Crippen LogP contribution is -2.26. The number of aromatic nitrogens is 2. The molecule has 0 radical (unpaired) electrons. The van der Waals surface area contributed by atoms with Gasteiger partial charge in [0.05, 0.1) is 22.4 Å². The van der Waals surface area contributed by atoms with E-state index >= 15 is 0 Å². The van der Waals surface area contributed by atoms with Crippen molar-refractivity contribution in [3.8, 4) is 16.9 Å². The van der Waals surface area contributed by atoms with E-state index in [9.17, 15) is 0 Å². The Balaban J connectivity index is 1.61. The first kappa shape index (κ1) is 17.7. The Bertz CT molecular complexity index is 1700. The molecule has 32 heavy (non-hydrogen) atoms. The van der Waals surface area contributed by atoms with Crippen LogP contribution in [0.25, 0.3) is 49.5 Å². The number of nitrogens with zero attached hydrogens (tertiary/aromatic N) is 2. The van der Waals surface area contributed by atoms with E-state index in [1.165, 1.54) is 49.4 Å². The summed E-state index contributed by atoms with van der Waals surface area (Å²) < 4.78 is 2.46. The summed E-state index contributed by atoms with van der Waals surface area (Å²) >= 11 is 0. The summed E-state index contributed by atoms with van der Waals surface area (Å²) in [5.41, 5.74) is 8.77. The van der Waals surface area contributed by atoms with Gasteiger partial charge in [-0.15, -0.1) is 0 Å². The van der Waals surface area contributed by atoms with Gasteiger partial charge in [-0.25, -0.2) is 0 Å². The quantitative estimate of drug-likeness (QED) is 0.272. The highest BCUT2D eigenvalue weighted by molar-refractivity contribution is 6.13. The molecule has 0 atom stereocenters. The Kier molecular flexibility index (Phi) is 3.37. The van der Waals surface area contributed by atoms with E-state index in [1.54, 1.807) is 0 Å². The van der Waals surface area contributed by atoms with E-state index in [0.717, 1.165) is 11.3 Å². The molecule has 1 aliphatic heterocycles. The van der Waals surface area contributed by atoms with Crippen molar-refractivity contribution < 1.29 is 0 Å². The summed E-state index contributed by atoms with van der Waals surface area (Å²) in [7, 11) is 0. The molecule has 4 aromatic carbocycles. The van der Waals surface area contributed by atoms with E-state index in [0.29, 0.717) is 0 Å². The maximum atomic E-state index is 4.77. The Labute approximate surface area is 186 Å². The van der Waals surface area contributed by atoms with Crippen LogP contribution in [0.1, 0.15) is 25.0 Å². The molecule has 152 valence electrons. The first-order valence-corrected chi connectivity index (χ1v) is 11.2. The van der Waals surface area contributed by atoms with E-state index in [2.05, 4.69) is 109 Å². The molecule has 1 aliphatic rings. The van der Waals surface area contributed by atoms with Gasteiger partial charge in [0, 0.05) is 33.3 Å². The number of hydrogen-bond acceptors (Lipinski definition) is 1. The van der Waals surface area contributed by atoms with E-state index in [1.807, 2.05) is 6.20 Å². The third-order valence-corrected chi connectivity index (χ3v) is 7.23. The predicted octanol–water partition coefficient (Wildman–Crippen LogP) is 7.64. The molecule has 0 spiro atoms. The molecule has 0 aliphatic carbocycles. The van der Waals surface area contributed by atoms with Crippen LogP contribution in [0.4, 0.5) is 0 Å². The van der Waals surface area contributed by atoms with Crippen LogP contribution in [0.5, 0.6) is 0 Å². The van der Waals surface area contributed by atoms with Gasteiger partial charge in [0.15, 0.2) is 0 Å². The third kappa shape index (κ3) is 2.17. The van der Waals surface area contributed by atoms with Gasteiger partial charge in [0.1, 0.15) is 0 Å². The van der Waals surface area contributed by atoms with Crippen LogP contribution in [0, 0.1) is 0 Å². The van der Waals surface area contributed by atoms with Gasteiger partial charge in [0.2, 0.25) is 0 Å². The number of rotatable bonds is 1. The molecule has 0 saturated carbocycles. The zero-order valence-corrected chi connectivity index (χ0v) is 18.1. The molecule has 0 amide bonds. The lowest BCUT2D eigenvalue weighted by atomic mass is 9.75. The summed E-state index contributed by atoms with van der Waals surface area (Å²) in [5, 5.41) is 4.99. The molecule has 2 nitrogen and oxygen atoms in total. The van der Waals surface area contributed by atoms with Gasteiger partial charge in [0.25, 0.3) is 0 Å². The van der Waals surface area contributed by atoms with Crippen molar-refractivity contribution >= 4 is 32.6 Å². The first-order chi connectivity index (χ1) is 15.6. The van der Waals surface area contributed by atoms with Crippen molar-refractivity contribution in [2.75, 3.05) is 0 Å². The minimum Gasteiger partial charge on any atom is -0.309 e. The fourth-order valence-electron chi connectivity index (χ4n) is 5.66. The van der Waals surface area contributed by atoms with Crippen molar-refractivity contribution in [3.63, 3.8) is 0 Å². The lowest BCUT2D eigenvalue weighted by molar-refractivity contribution is 0.630. The van der Waals surface area contributed by atoms with Crippen LogP contribution >= 0.6 is 0 Å². The normalized spacial score (nSPS) is 14.2. The van der Waals surface area contributed by atoms with Crippen molar-refractivity contribution in [2.24, 2.45) is 0 Å². The topological polar surface area (TPSA) is 17.8 Å². The minimum atomic E-state index is -0.0412. The Morgan fingerprint density at radius 3 is 2.41 bits per heavy atom. The van der Waals surface area contributed by atoms with Crippen molar-refractivity contribution in [1.82, 2.24) is 9.55 Å². The molecule has 0 N–H and O–H groups in total. The second-order valence-corrected chi connectivity index (χ2v) is 9.29. The molecule has 3 heterocycles. The fourth-order valence-corrected chi connectivity index (χ4v) is 5.66. The average molecular weight is 411 g/mol. The standard InChI is InChI=1S/C30H22N2/c1-30(2)24-11-5-6-13-27(24)32-26-15-14-20(18-23(26)22-10-7-12-25(30)29(22)32)28-21-9-4-3-8-19(21)16-17-31-28/h3-18H,1-2H3. The highest BCUT2D eigenvalue weighted by atomic mass is 15.0. The van der Waals surface area contributed by atoms with Crippen molar-refractivity contribution in [3.05, 3.63) is 108 Å². The predicted molar refractivity (Wildman–Crippen MR) is 134 cm³/mol. The SMILES string of the molecule is CC1(C)c2ccccc2-n2c3ccc(-c4nccc5ccccc45)cc3c3cccc1c32. The number of hydrogen-bond donors (Lipinski definition) is 0. The minimum absolute atomic E-state index is 0.0412. The summed E-state index contributed by atoms with van der Waals surface area (Å²) in [6.07, 6.45) is 1.91. The van der Waals surface area contributed by atoms with Gasteiger partial charge in [-0.2, -0.15) is 0 Å². The van der Waals surface area contributed by atoms with Crippen LogP contribution in [0.15, 0.2) is 97.2 Å². The monoisotopic (exact) mass is 410 g/mol. The summed E-state index contributed by atoms with van der Waals surface area (Å²) in [6, 6.07) is 33.0. The zero-order chi connectivity index (χ0) is 21.4.